The van der Waals surface area contributed by atoms with Crippen LogP contribution in [-0.4, -0.2) is 66.6 Å². The normalized spacial score (nSPS) is 21.5. The number of rotatable bonds is 4. The summed E-state index contributed by atoms with van der Waals surface area (Å²) in [4.78, 5) is 28.8. The third-order valence-corrected chi connectivity index (χ3v) is 8.44. The van der Waals surface area contributed by atoms with E-state index in [-0.39, 0.29) is 42.2 Å². The first-order chi connectivity index (χ1) is 13.5. The second-order valence-corrected chi connectivity index (χ2v) is 10.0. The standard InChI is InChI=1S/C19H21N3O4S2/c23-17-14-20(13-15-5-2-1-3-6-15)19(24)16-8-9-21(10-11-22(16)17)28(25,26)18-7-4-12-27-18/h1-7,12,16H,8-11,13-14H2. The SMILES string of the molecule is O=C1C2CCN(S(=O)(=O)c3cccs3)CCN2C(=O)CN1Cc1ccccc1. The van der Waals surface area contributed by atoms with E-state index < -0.39 is 16.1 Å². The van der Waals surface area contributed by atoms with E-state index in [0.29, 0.717) is 13.0 Å². The van der Waals surface area contributed by atoms with E-state index in [4.69, 9.17) is 0 Å². The molecule has 1 atom stereocenters. The van der Waals surface area contributed by atoms with Crippen LogP contribution in [0.25, 0.3) is 0 Å². The average molecular weight is 420 g/mol. The molecule has 28 heavy (non-hydrogen) atoms. The Kier molecular flexibility index (Phi) is 5.22. The fourth-order valence-corrected chi connectivity index (χ4v) is 6.31. The van der Waals surface area contributed by atoms with E-state index in [1.165, 1.54) is 15.6 Å². The van der Waals surface area contributed by atoms with Crippen LogP contribution in [0.2, 0.25) is 0 Å². The molecule has 1 aromatic carbocycles. The first-order valence-electron chi connectivity index (χ1n) is 9.12. The lowest BCUT2D eigenvalue weighted by Crippen LogP contribution is -2.59. The highest BCUT2D eigenvalue weighted by molar-refractivity contribution is 7.91. The zero-order chi connectivity index (χ0) is 19.7. The van der Waals surface area contributed by atoms with E-state index in [9.17, 15) is 18.0 Å². The zero-order valence-corrected chi connectivity index (χ0v) is 16.9. The van der Waals surface area contributed by atoms with Crippen LogP contribution in [0.4, 0.5) is 0 Å². The topological polar surface area (TPSA) is 78.0 Å². The molecular weight excluding hydrogens is 398 g/mol. The lowest BCUT2D eigenvalue weighted by atomic mass is 10.1. The molecule has 9 heteroatoms. The molecule has 0 spiro atoms. The Hall–Kier alpha value is -2.23. The molecule has 4 rings (SSSR count). The summed E-state index contributed by atoms with van der Waals surface area (Å²) in [7, 11) is -3.59. The number of fused-ring (bicyclic) bond motifs is 1. The van der Waals surface area contributed by atoms with E-state index >= 15 is 0 Å². The van der Waals surface area contributed by atoms with Gasteiger partial charge in [0.05, 0.1) is 0 Å². The molecule has 0 aliphatic carbocycles. The molecule has 148 valence electrons. The van der Waals surface area contributed by atoms with Crippen molar-refractivity contribution in [2.45, 2.75) is 23.2 Å². The van der Waals surface area contributed by atoms with Gasteiger partial charge in [-0.05, 0) is 23.4 Å². The van der Waals surface area contributed by atoms with Crippen molar-refractivity contribution in [3.05, 3.63) is 53.4 Å². The molecule has 2 fully saturated rings. The molecule has 7 nitrogen and oxygen atoms in total. The van der Waals surface area contributed by atoms with Crippen LogP contribution in [-0.2, 0) is 26.2 Å². The van der Waals surface area contributed by atoms with E-state index in [1.807, 2.05) is 30.3 Å². The van der Waals surface area contributed by atoms with Crippen molar-refractivity contribution in [3.63, 3.8) is 0 Å². The Balaban J connectivity index is 1.51. The number of benzene rings is 1. The Morgan fingerprint density at radius 2 is 1.79 bits per heavy atom. The molecule has 0 saturated carbocycles. The summed E-state index contributed by atoms with van der Waals surface area (Å²) in [6, 6.07) is 12.2. The highest BCUT2D eigenvalue weighted by Gasteiger charge is 2.42. The van der Waals surface area contributed by atoms with Crippen molar-refractivity contribution in [2.75, 3.05) is 26.2 Å². The number of carbonyl (C=O) groups is 2. The minimum atomic E-state index is -3.59. The fraction of sp³-hybridized carbons (Fsp3) is 0.368. The monoisotopic (exact) mass is 419 g/mol. The molecule has 2 saturated heterocycles. The first kappa shape index (κ1) is 19.1. The van der Waals surface area contributed by atoms with Gasteiger partial charge in [0, 0.05) is 26.2 Å². The van der Waals surface area contributed by atoms with Gasteiger partial charge in [-0.25, -0.2) is 8.42 Å². The van der Waals surface area contributed by atoms with Crippen LogP contribution in [0.15, 0.2) is 52.1 Å². The zero-order valence-electron chi connectivity index (χ0n) is 15.2. The summed E-state index contributed by atoms with van der Waals surface area (Å²) in [6.07, 6.45) is 0.306. The second-order valence-electron chi connectivity index (χ2n) is 6.91. The lowest BCUT2D eigenvalue weighted by Gasteiger charge is -2.39. The largest absolute Gasteiger partial charge is 0.328 e. The van der Waals surface area contributed by atoms with Crippen molar-refractivity contribution >= 4 is 33.2 Å². The molecule has 0 N–H and O–H groups in total. The maximum atomic E-state index is 13.0. The van der Waals surface area contributed by atoms with Gasteiger partial charge in [0.15, 0.2) is 0 Å². The average Bonchev–Trinajstić information content (AvgIpc) is 3.13. The van der Waals surface area contributed by atoms with Crippen LogP contribution in [0, 0.1) is 0 Å². The number of amides is 2. The van der Waals surface area contributed by atoms with Crippen molar-refractivity contribution < 1.29 is 18.0 Å². The molecule has 0 radical (unpaired) electrons. The molecule has 1 aromatic heterocycles. The van der Waals surface area contributed by atoms with Crippen LogP contribution in [0.5, 0.6) is 0 Å². The highest BCUT2D eigenvalue weighted by atomic mass is 32.2. The van der Waals surface area contributed by atoms with Gasteiger partial charge in [0.2, 0.25) is 11.8 Å². The predicted molar refractivity (Wildman–Crippen MR) is 105 cm³/mol. The summed E-state index contributed by atoms with van der Waals surface area (Å²) < 4.78 is 27.3. The summed E-state index contributed by atoms with van der Waals surface area (Å²) in [5, 5.41) is 1.72. The maximum absolute atomic E-state index is 13.0. The quantitative estimate of drug-likeness (QED) is 0.750. The highest BCUT2D eigenvalue weighted by Crippen LogP contribution is 2.26. The van der Waals surface area contributed by atoms with Crippen LogP contribution in [0.1, 0.15) is 12.0 Å². The van der Waals surface area contributed by atoms with Gasteiger partial charge in [-0.15, -0.1) is 11.3 Å². The maximum Gasteiger partial charge on any atom is 0.252 e. The van der Waals surface area contributed by atoms with Crippen molar-refractivity contribution in [1.82, 2.24) is 14.1 Å². The number of carbonyl (C=O) groups excluding carboxylic acids is 2. The first-order valence-corrected chi connectivity index (χ1v) is 11.4. The van der Waals surface area contributed by atoms with Gasteiger partial charge in [-0.1, -0.05) is 36.4 Å². The smallest absolute Gasteiger partial charge is 0.252 e. The van der Waals surface area contributed by atoms with Gasteiger partial charge >= 0.3 is 0 Å². The van der Waals surface area contributed by atoms with Crippen LogP contribution in [0.3, 0.4) is 0 Å². The third kappa shape index (κ3) is 3.57. The molecule has 2 aliphatic rings. The number of hydrogen-bond acceptors (Lipinski definition) is 5. The molecule has 1 unspecified atom stereocenters. The van der Waals surface area contributed by atoms with Crippen LogP contribution >= 0.6 is 11.3 Å². The number of thiophene rings is 1. The third-order valence-electron chi connectivity index (χ3n) is 5.17. The number of nitrogens with zero attached hydrogens (tertiary/aromatic N) is 3. The summed E-state index contributed by atoms with van der Waals surface area (Å²) >= 11 is 1.17. The molecule has 2 amide bonds. The minimum absolute atomic E-state index is 0.0297. The summed E-state index contributed by atoms with van der Waals surface area (Å²) in [6.45, 7) is 1.07. The molecule has 2 aliphatic heterocycles. The van der Waals surface area contributed by atoms with E-state index in [1.54, 1.807) is 27.3 Å². The summed E-state index contributed by atoms with van der Waals surface area (Å²) in [5.74, 6) is -0.241. The Morgan fingerprint density at radius 3 is 2.50 bits per heavy atom. The predicted octanol–water partition coefficient (Wildman–Crippen LogP) is 1.38. The van der Waals surface area contributed by atoms with Gasteiger partial charge in [-0.2, -0.15) is 4.31 Å². The van der Waals surface area contributed by atoms with Crippen LogP contribution < -0.4 is 0 Å². The van der Waals surface area contributed by atoms with Crippen molar-refractivity contribution in [1.29, 1.82) is 0 Å². The second kappa shape index (κ2) is 7.65. The van der Waals surface area contributed by atoms with Gasteiger partial charge in [0.1, 0.15) is 16.8 Å². The van der Waals surface area contributed by atoms with E-state index in [0.717, 1.165) is 5.56 Å². The van der Waals surface area contributed by atoms with Crippen molar-refractivity contribution in [3.8, 4) is 0 Å². The summed E-state index contributed by atoms with van der Waals surface area (Å²) in [5.41, 5.74) is 0.965. The Bertz CT molecular complexity index is 960. The Morgan fingerprint density at radius 1 is 1.00 bits per heavy atom. The number of sulfonamides is 1. The van der Waals surface area contributed by atoms with Gasteiger partial charge < -0.3 is 9.80 Å². The number of piperazine rings is 1. The van der Waals surface area contributed by atoms with Gasteiger partial charge in [0.25, 0.3) is 10.0 Å². The molecule has 2 aromatic rings. The van der Waals surface area contributed by atoms with E-state index in [2.05, 4.69) is 0 Å². The molecule has 3 heterocycles. The number of hydrogen-bond donors (Lipinski definition) is 0. The lowest BCUT2D eigenvalue weighted by molar-refractivity contribution is -0.156. The minimum Gasteiger partial charge on any atom is -0.328 e. The fourth-order valence-electron chi connectivity index (χ4n) is 3.72. The molecular formula is C19H21N3O4S2. The van der Waals surface area contributed by atoms with Gasteiger partial charge in [-0.3, -0.25) is 9.59 Å². The Labute approximate surface area is 168 Å². The van der Waals surface area contributed by atoms with Crippen molar-refractivity contribution in [2.24, 2.45) is 0 Å². The molecule has 0 bridgehead atoms.